The number of pyridine rings is 1. The van der Waals surface area contributed by atoms with Crippen molar-refractivity contribution in [2.24, 2.45) is 5.14 Å². The molecule has 0 aliphatic heterocycles. The molecule has 0 saturated carbocycles. The molecule has 8 heteroatoms. The van der Waals surface area contributed by atoms with E-state index in [0.29, 0.717) is 5.69 Å². The first kappa shape index (κ1) is 14.9. The Morgan fingerprint density at radius 3 is 2.48 bits per heavy atom. The van der Waals surface area contributed by atoms with Gasteiger partial charge < -0.3 is 10.6 Å². The van der Waals surface area contributed by atoms with Crippen LogP contribution < -0.4 is 15.8 Å². The normalized spacial score (nSPS) is 10.9. The summed E-state index contributed by atoms with van der Waals surface area (Å²) in [7, 11) is -3.70. The smallest absolute Gasteiger partial charge is 0.319 e. The predicted molar refractivity (Wildman–Crippen MR) is 77.9 cm³/mol. The van der Waals surface area contributed by atoms with E-state index in [4.69, 9.17) is 5.14 Å². The highest BCUT2D eigenvalue weighted by molar-refractivity contribution is 7.89. The Bertz CT molecular complexity index is 715. The molecule has 2 aromatic rings. The molecule has 1 aromatic heterocycles. The molecule has 7 nitrogen and oxygen atoms in total. The standard InChI is InChI=1S/C13H14N4O3S/c14-21(19,20)12-5-3-10(4-6-12)8-16-13(18)17-11-2-1-7-15-9-11/h1-7,9H,8H2,(H2,14,19,20)(H2,16,17,18). The lowest BCUT2D eigenvalue weighted by molar-refractivity contribution is 0.251. The van der Waals surface area contributed by atoms with Gasteiger partial charge in [0.05, 0.1) is 16.8 Å². The average molecular weight is 306 g/mol. The predicted octanol–water partition coefficient (Wildman–Crippen LogP) is 1.05. The summed E-state index contributed by atoms with van der Waals surface area (Å²) in [6.07, 6.45) is 3.14. The van der Waals surface area contributed by atoms with E-state index in [2.05, 4.69) is 15.6 Å². The number of rotatable bonds is 4. The lowest BCUT2D eigenvalue weighted by Gasteiger charge is -2.07. The molecule has 0 aliphatic carbocycles. The van der Waals surface area contributed by atoms with Crippen LogP contribution in [-0.4, -0.2) is 19.4 Å². The minimum Gasteiger partial charge on any atom is -0.334 e. The van der Waals surface area contributed by atoms with Crippen LogP contribution >= 0.6 is 0 Å². The zero-order valence-corrected chi connectivity index (χ0v) is 11.8. The third-order valence-corrected chi connectivity index (χ3v) is 3.55. The lowest BCUT2D eigenvalue weighted by atomic mass is 10.2. The number of anilines is 1. The van der Waals surface area contributed by atoms with Gasteiger partial charge in [-0.2, -0.15) is 0 Å². The topological polar surface area (TPSA) is 114 Å². The van der Waals surface area contributed by atoms with Crippen LogP contribution in [0.25, 0.3) is 0 Å². The highest BCUT2D eigenvalue weighted by atomic mass is 32.2. The van der Waals surface area contributed by atoms with E-state index >= 15 is 0 Å². The Morgan fingerprint density at radius 1 is 1.19 bits per heavy atom. The quantitative estimate of drug-likeness (QED) is 0.783. The Morgan fingerprint density at radius 2 is 1.90 bits per heavy atom. The summed E-state index contributed by atoms with van der Waals surface area (Å²) in [5.41, 5.74) is 1.34. The third-order valence-electron chi connectivity index (χ3n) is 2.62. The summed E-state index contributed by atoms with van der Waals surface area (Å²) in [6.45, 7) is 0.261. The molecule has 2 rings (SSSR count). The molecular weight excluding hydrogens is 292 g/mol. The van der Waals surface area contributed by atoms with Crippen molar-refractivity contribution in [1.29, 1.82) is 0 Å². The lowest BCUT2D eigenvalue weighted by Crippen LogP contribution is -2.28. The van der Waals surface area contributed by atoms with Crippen LogP contribution in [0, 0.1) is 0 Å². The zero-order valence-electron chi connectivity index (χ0n) is 11.0. The van der Waals surface area contributed by atoms with Crippen molar-refractivity contribution in [3.63, 3.8) is 0 Å². The van der Waals surface area contributed by atoms with Crippen LogP contribution in [-0.2, 0) is 16.6 Å². The molecule has 0 fully saturated rings. The van der Waals surface area contributed by atoms with Gasteiger partial charge >= 0.3 is 6.03 Å². The number of aromatic nitrogens is 1. The van der Waals surface area contributed by atoms with E-state index in [1.165, 1.54) is 18.3 Å². The van der Waals surface area contributed by atoms with Gasteiger partial charge in [0.15, 0.2) is 0 Å². The van der Waals surface area contributed by atoms with E-state index < -0.39 is 10.0 Å². The van der Waals surface area contributed by atoms with Crippen LogP contribution in [0.3, 0.4) is 0 Å². The number of hydrogen-bond acceptors (Lipinski definition) is 4. The molecule has 0 bridgehead atoms. The van der Waals surface area contributed by atoms with E-state index in [0.717, 1.165) is 5.56 Å². The summed E-state index contributed by atoms with van der Waals surface area (Å²) < 4.78 is 22.2. The minimum absolute atomic E-state index is 0.0334. The number of carbonyl (C=O) groups is 1. The highest BCUT2D eigenvalue weighted by Gasteiger charge is 2.07. The van der Waals surface area contributed by atoms with Gasteiger partial charge in [0, 0.05) is 12.7 Å². The first-order chi connectivity index (χ1) is 9.95. The molecule has 0 saturated heterocycles. The Balaban J connectivity index is 1.90. The van der Waals surface area contributed by atoms with Gasteiger partial charge in [-0.3, -0.25) is 4.98 Å². The Kier molecular flexibility index (Phi) is 4.51. The van der Waals surface area contributed by atoms with Gasteiger partial charge in [0.2, 0.25) is 10.0 Å². The molecule has 110 valence electrons. The van der Waals surface area contributed by atoms with E-state index in [9.17, 15) is 13.2 Å². The van der Waals surface area contributed by atoms with Crippen LogP contribution in [0.1, 0.15) is 5.56 Å². The monoisotopic (exact) mass is 306 g/mol. The van der Waals surface area contributed by atoms with E-state index in [1.807, 2.05) is 0 Å². The van der Waals surface area contributed by atoms with Crippen molar-refractivity contribution in [2.45, 2.75) is 11.4 Å². The maximum Gasteiger partial charge on any atom is 0.319 e. The van der Waals surface area contributed by atoms with Crippen LogP contribution in [0.4, 0.5) is 10.5 Å². The van der Waals surface area contributed by atoms with Gasteiger partial charge in [0.25, 0.3) is 0 Å². The van der Waals surface area contributed by atoms with Crippen molar-refractivity contribution in [1.82, 2.24) is 10.3 Å². The minimum atomic E-state index is -3.70. The summed E-state index contributed by atoms with van der Waals surface area (Å²) in [5.74, 6) is 0. The molecular formula is C13H14N4O3S. The fraction of sp³-hybridized carbons (Fsp3) is 0.0769. The van der Waals surface area contributed by atoms with Gasteiger partial charge in [-0.25, -0.2) is 18.4 Å². The number of hydrogen-bond donors (Lipinski definition) is 3. The maximum atomic E-state index is 11.6. The molecule has 0 atom stereocenters. The van der Waals surface area contributed by atoms with Crippen molar-refractivity contribution in [2.75, 3.05) is 5.32 Å². The second-order valence-corrected chi connectivity index (χ2v) is 5.80. The molecule has 0 aliphatic rings. The number of amides is 2. The van der Waals surface area contributed by atoms with E-state index in [-0.39, 0.29) is 17.5 Å². The molecule has 1 aromatic carbocycles. The zero-order chi connectivity index (χ0) is 15.3. The summed E-state index contributed by atoms with van der Waals surface area (Å²) in [6, 6.07) is 9.01. The van der Waals surface area contributed by atoms with Gasteiger partial charge in [0.1, 0.15) is 0 Å². The number of nitrogens with one attached hydrogen (secondary N) is 2. The SMILES string of the molecule is NS(=O)(=O)c1ccc(CNC(=O)Nc2cccnc2)cc1. The number of carbonyl (C=O) groups excluding carboxylic acids is 1. The molecule has 0 spiro atoms. The fourth-order valence-corrected chi connectivity index (χ4v) is 2.11. The van der Waals surface area contributed by atoms with Crippen molar-refractivity contribution in [3.05, 3.63) is 54.4 Å². The van der Waals surface area contributed by atoms with Gasteiger partial charge in [-0.15, -0.1) is 0 Å². The number of urea groups is 1. The second-order valence-electron chi connectivity index (χ2n) is 4.24. The summed E-state index contributed by atoms with van der Waals surface area (Å²) in [5, 5.41) is 10.3. The first-order valence-electron chi connectivity index (χ1n) is 6.02. The Labute approximate surface area is 122 Å². The number of primary sulfonamides is 1. The molecule has 1 heterocycles. The number of benzene rings is 1. The maximum absolute atomic E-state index is 11.6. The first-order valence-corrected chi connectivity index (χ1v) is 7.56. The van der Waals surface area contributed by atoms with Crippen molar-refractivity contribution in [3.8, 4) is 0 Å². The number of sulfonamides is 1. The van der Waals surface area contributed by atoms with Crippen molar-refractivity contribution < 1.29 is 13.2 Å². The molecule has 0 unspecified atom stereocenters. The average Bonchev–Trinajstić information content (AvgIpc) is 2.46. The van der Waals surface area contributed by atoms with Gasteiger partial charge in [-0.1, -0.05) is 12.1 Å². The number of nitrogens with two attached hydrogens (primary N) is 1. The van der Waals surface area contributed by atoms with Crippen LogP contribution in [0.2, 0.25) is 0 Å². The summed E-state index contributed by atoms with van der Waals surface area (Å²) >= 11 is 0. The van der Waals surface area contributed by atoms with Crippen LogP contribution in [0.5, 0.6) is 0 Å². The van der Waals surface area contributed by atoms with Gasteiger partial charge in [-0.05, 0) is 29.8 Å². The third kappa shape index (κ3) is 4.55. The molecule has 21 heavy (non-hydrogen) atoms. The summed E-state index contributed by atoms with van der Waals surface area (Å²) in [4.78, 5) is 15.6. The van der Waals surface area contributed by atoms with E-state index in [1.54, 1.807) is 30.5 Å². The largest absolute Gasteiger partial charge is 0.334 e. The second kappa shape index (κ2) is 6.33. The highest BCUT2D eigenvalue weighted by Crippen LogP contribution is 2.08. The fourth-order valence-electron chi connectivity index (χ4n) is 1.59. The number of nitrogens with zero attached hydrogens (tertiary/aromatic N) is 1. The van der Waals surface area contributed by atoms with Crippen molar-refractivity contribution >= 4 is 21.7 Å². The molecule has 4 N–H and O–H groups in total. The van der Waals surface area contributed by atoms with Crippen LogP contribution in [0.15, 0.2) is 53.7 Å². The molecule has 0 radical (unpaired) electrons. The molecule has 2 amide bonds. The Hall–Kier alpha value is -2.45.